The zero-order valence-corrected chi connectivity index (χ0v) is 18.7. The molecule has 30 heavy (non-hydrogen) atoms. The smallest absolute Gasteiger partial charge is 0.387 e. The first-order chi connectivity index (χ1) is 14.1. The summed E-state index contributed by atoms with van der Waals surface area (Å²) in [5.41, 5.74) is 0.468. The second-order valence-corrected chi connectivity index (χ2v) is 6.53. The van der Waals surface area contributed by atoms with Crippen molar-refractivity contribution in [3.05, 3.63) is 29.3 Å². The molecule has 1 aromatic carbocycles. The zero-order valence-electron chi connectivity index (χ0n) is 16.4. The van der Waals surface area contributed by atoms with Crippen molar-refractivity contribution in [3.8, 4) is 17.2 Å². The van der Waals surface area contributed by atoms with Gasteiger partial charge in [-0.05, 0) is 19.4 Å². The monoisotopic (exact) mass is 536 g/mol. The first kappa shape index (κ1) is 22.3. The van der Waals surface area contributed by atoms with Gasteiger partial charge in [-0.1, -0.05) is 0 Å². The van der Waals surface area contributed by atoms with Crippen LogP contribution in [0.15, 0.2) is 17.1 Å². The standard InChI is InChI=1S/C18H22F2N6O3.HI/c1-2-21-18(23-9-16-25-24-15-4-3-5-26(15)16)22-8-11-6-13-14(28-10-27-13)7-12(11)29-17(19)20;/h6-7,17H,2-5,8-10H2,1H3,(H2,21,22,23);1H. The van der Waals surface area contributed by atoms with E-state index in [0.29, 0.717) is 36.1 Å². The molecular weight excluding hydrogens is 513 g/mol. The summed E-state index contributed by atoms with van der Waals surface area (Å²) in [6.45, 7) is 1.18. The number of fused-ring (bicyclic) bond motifs is 2. The molecular formula is C18H23F2IN6O3. The highest BCUT2D eigenvalue weighted by Gasteiger charge is 2.20. The van der Waals surface area contributed by atoms with E-state index in [1.807, 2.05) is 6.92 Å². The predicted octanol–water partition coefficient (Wildman–Crippen LogP) is 2.43. The summed E-state index contributed by atoms with van der Waals surface area (Å²) >= 11 is 0. The number of aliphatic imine (C=N–C) groups is 1. The van der Waals surface area contributed by atoms with Crippen molar-refractivity contribution in [1.29, 1.82) is 0 Å². The van der Waals surface area contributed by atoms with Crippen LogP contribution >= 0.6 is 24.0 Å². The minimum Gasteiger partial charge on any atom is -0.454 e. The molecule has 0 atom stereocenters. The van der Waals surface area contributed by atoms with Crippen LogP contribution in [0, 0.1) is 0 Å². The van der Waals surface area contributed by atoms with E-state index < -0.39 is 6.61 Å². The van der Waals surface area contributed by atoms with Crippen LogP contribution in [0.25, 0.3) is 0 Å². The number of alkyl halides is 2. The van der Waals surface area contributed by atoms with Crippen LogP contribution in [-0.2, 0) is 26.1 Å². The lowest BCUT2D eigenvalue weighted by Crippen LogP contribution is -2.37. The Morgan fingerprint density at radius 1 is 1.27 bits per heavy atom. The second-order valence-electron chi connectivity index (χ2n) is 6.53. The molecule has 0 bridgehead atoms. The van der Waals surface area contributed by atoms with Gasteiger partial charge in [-0.25, -0.2) is 4.99 Å². The van der Waals surface area contributed by atoms with Gasteiger partial charge < -0.3 is 29.4 Å². The van der Waals surface area contributed by atoms with Crippen molar-refractivity contribution >= 4 is 29.9 Å². The van der Waals surface area contributed by atoms with Gasteiger partial charge in [0.05, 0.1) is 13.1 Å². The number of nitrogens with zero attached hydrogens (tertiary/aromatic N) is 4. The Morgan fingerprint density at radius 2 is 2.07 bits per heavy atom. The number of hydrogen-bond acceptors (Lipinski definition) is 6. The van der Waals surface area contributed by atoms with Gasteiger partial charge in [0.1, 0.15) is 11.6 Å². The maximum atomic E-state index is 12.8. The van der Waals surface area contributed by atoms with Crippen LogP contribution in [0.5, 0.6) is 17.2 Å². The fraction of sp³-hybridized carbons (Fsp3) is 0.500. The van der Waals surface area contributed by atoms with Gasteiger partial charge in [0.25, 0.3) is 0 Å². The Labute approximate surface area is 189 Å². The molecule has 0 saturated carbocycles. The van der Waals surface area contributed by atoms with Crippen molar-refractivity contribution in [2.75, 3.05) is 13.3 Å². The van der Waals surface area contributed by atoms with Crippen molar-refractivity contribution in [2.45, 2.75) is 46.0 Å². The Kier molecular flexibility index (Phi) is 7.50. The van der Waals surface area contributed by atoms with E-state index in [0.717, 1.165) is 31.0 Å². The Hall–Kier alpha value is -2.38. The Morgan fingerprint density at radius 3 is 2.83 bits per heavy atom. The number of ether oxygens (including phenoxy) is 3. The number of guanidine groups is 1. The van der Waals surface area contributed by atoms with Gasteiger partial charge in [-0.15, -0.1) is 34.2 Å². The molecule has 2 aliphatic heterocycles. The van der Waals surface area contributed by atoms with Crippen molar-refractivity contribution in [3.63, 3.8) is 0 Å². The fourth-order valence-corrected chi connectivity index (χ4v) is 3.30. The minimum absolute atomic E-state index is 0. The van der Waals surface area contributed by atoms with Gasteiger partial charge in [0.15, 0.2) is 23.3 Å². The van der Waals surface area contributed by atoms with Crippen LogP contribution in [-0.4, -0.2) is 40.7 Å². The van der Waals surface area contributed by atoms with E-state index in [1.165, 1.54) is 6.07 Å². The molecule has 4 rings (SSSR count). The summed E-state index contributed by atoms with van der Waals surface area (Å²) < 4.78 is 42.9. The van der Waals surface area contributed by atoms with E-state index in [-0.39, 0.29) is 43.1 Å². The van der Waals surface area contributed by atoms with Crippen molar-refractivity contribution in [1.82, 2.24) is 25.4 Å². The average Bonchev–Trinajstić information content (AvgIpc) is 3.40. The highest BCUT2D eigenvalue weighted by molar-refractivity contribution is 14.0. The van der Waals surface area contributed by atoms with Crippen LogP contribution < -0.4 is 24.8 Å². The third-order valence-electron chi connectivity index (χ3n) is 4.62. The maximum Gasteiger partial charge on any atom is 0.387 e. The van der Waals surface area contributed by atoms with Crippen LogP contribution in [0.3, 0.4) is 0 Å². The number of halogens is 3. The lowest BCUT2D eigenvalue weighted by atomic mass is 10.1. The van der Waals surface area contributed by atoms with Gasteiger partial charge in [-0.3, -0.25) is 0 Å². The summed E-state index contributed by atoms with van der Waals surface area (Å²) in [4.78, 5) is 4.49. The molecule has 2 aliphatic rings. The van der Waals surface area contributed by atoms with E-state index in [9.17, 15) is 8.78 Å². The van der Waals surface area contributed by atoms with Crippen LogP contribution in [0.1, 0.15) is 30.6 Å². The maximum absolute atomic E-state index is 12.8. The number of aryl methyl sites for hydroxylation is 1. The molecule has 12 heteroatoms. The molecule has 3 heterocycles. The van der Waals surface area contributed by atoms with Gasteiger partial charge in [0.2, 0.25) is 6.79 Å². The average molecular weight is 536 g/mol. The quantitative estimate of drug-likeness (QED) is 0.319. The second kappa shape index (κ2) is 10.1. The van der Waals surface area contributed by atoms with Crippen LogP contribution in [0.4, 0.5) is 8.78 Å². The van der Waals surface area contributed by atoms with E-state index in [1.54, 1.807) is 6.07 Å². The molecule has 164 valence electrons. The number of aromatic nitrogens is 3. The fourth-order valence-electron chi connectivity index (χ4n) is 3.30. The van der Waals surface area contributed by atoms with E-state index >= 15 is 0 Å². The Bertz CT molecular complexity index is 908. The molecule has 0 saturated heterocycles. The molecule has 2 N–H and O–H groups in total. The number of nitrogens with one attached hydrogen (secondary N) is 2. The molecule has 0 unspecified atom stereocenters. The summed E-state index contributed by atoms with van der Waals surface area (Å²) in [5, 5.41) is 14.7. The lowest BCUT2D eigenvalue weighted by Gasteiger charge is -2.13. The molecule has 9 nitrogen and oxygen atoms in total. The van der Waals surface area contributed by atoms with E-state index in [4.69, 9.17) is 9.47 Å². The van der Waals surface area contributed by atoms with E-state index in [2.05, 4.69) is 35.1 Å². The normalized spacial score (nSPS) is 14.5. The minimum atomic E-state index is -2.94. The molecule has 1 aromatic heterocycles. The summed E-state index contributed by atoms with van der Waals surface area (Å²) in [6, 6.07) is 3.01. The molecule has 2 aromatic rings. The van der Waals surface area contributed by atoms with Crippen LogP contribution in [0.2, 0.25) is 0 Å². The van der Waals surface area contributed by atoms with Gasteiger partial charge >= 0.3 is 6.61 Å². The summed E-state index contributed by atoms with van der Waals surface area (Å²) in [5.74, 6) is 3.24. The summed E-state index contributed by atoms with van der Waals surface area (Å²) in [7, 11) is 0. The van der Waals surface area contributed by atoms with Crippen molar-refractivity contribution < 1.29 is 23.0 Å². The first-order valence-corrected chi connectivity index (χ1v) is 9.44. The molecule has 0 radical (unpaired) electrons. The molecule has 0 fully saturated rings. The first-order valence-electron chi connectivity index (χ1n) is 9.44. The Balaban J connectivity index is 0.00000256. The van der Waals surface area contributed by atoms with Crippen molar-refractivity contribution in [2.24, 2.45) is 4.99 Å². The number of benzene rings is 1. The highest BCUT2D eigenvalue weighted by atomic mass is 127. The number of rotatable bonds is 7. The lowest BCUT2D eigenvalue weighted by molar-refractivity contribution is -0.0505. The zero-order chi connectivity index (χ0) is 20.2. The molecule has 0 spiro atoms. The number of hydrogen-bond donors (Lipinski definition) is 2. The highest BCUT2D eigenvalue weighted by Crippen LogP contribution is 2.39. The van der Waals surface area contributed by atoms with Gasteiger partial charge in [0, 0.05) is 31.1 Å². The third-order valence-corrected chi connectivity index (χ3v) is 4.62. The largest absolute Gasteiger partial charge is 0.454 e. The summed E-state index contributed by atoms with van der Waals surface area (Å²) in [6.07, 6.45) is 2.02. The SMILES string of the molecule is CCNC(=NCc1cc2c(cc1OC(F)F)OCO2)NCc1nnc2n1CCC2.I. The molecule has 0 aliphatic carbocycles. The third kappa shape index (κ3) is 5.02. The molecule has 0 amide bonds. The predicted molar refractivity (Wildman–Crippen MR) is 115 cm³/mol. The topological polar surface area (TPSA) is 94.8 Å². The van der Waals surface area contributed by atoms with Gasteiger partial charge in [-0.2, -0.15) is 8.78 Å².